The number of hydrogen-bond donors (Lipinski definition) is 2. The number of aromatic amines is 1. The zero-order chi connectivity index (χ0) is 11.0. The molecule has 2 N–H and O–H groups in total. The predicted molar refractivity (Wildman–Crippen MR) is 57.0 cm³/mol. The standard InChI is InChI=1S/C10H8BrF2NO/c11-6-1-2-7-5(3-6)4-8(14-7)9(15)10(12)13/h1-4,9-10,14-15H. The van der Waals surface area contributed by atoms with Gasteiger partial charge >= 0.3 is 0 Å². The molecule has 1 unspecified atom stereocenters. The highest BCUT2D eigenvalue weighted by Crippen LogP contribution is 2.26. The Morgan fingerprint density at radius 2 is 2.00 bits per heavy atom. The van der Waals surface area contributed by atoms with E-state index in [4.69, 9.17) is 0 Å². The molecular weight excluding hydrogens is 268 g/mol. The molecule has 0 saturated heterocycles. The van der Waals surface area contributed by atoms with Gasteiger partial charge < -0.3 is 10.1 Å². The minimum absolute atomic E-state index is 0.137. The Morgan fingerprint density at radius 1 is 1.27 bits per heavy atom. The Kier molecular flexibility index (Phi) is 2.75. The highest BCUT2D eigenvalue weighted by Gasteiger charge is 2.20. The second-order valence-electron chi connectivity index (χ2n) is 3.24. The molecule has 5 heteroatoms. The van der Waals surface area contributed by atoms with Gasteiger partial charge in [-0.05, 0) is 24.3 Å². The van der Waals surface area contributed by atoms with E-state index >= 15 is 0 Å². The number of aliphatic hydroxyl groups excluding tert-OH is 1. The van der Waals surface area contributed by atoms with Crippen LogP contribution in [0.4, 0.5) is 8.78 Å². The second-order valence-corrected chi connectivity index (χ2v) is 4.15. The van der Waals surface area contributed by atoms with Crippen LogP contribution in [-0.4, -0.2) is 16.5 Å². The fraction of sp³-hybridized carbons (Fsp3) is 0.200. The van der Waals surface area contributed by atoms with E-state index in [1.807, 2.05) is 0 Å². The number of alkyl halides is 2. The van der Waals surface area contributed by atoms with Gasteiger partial charge in [0.15, 0.2) is 6.10 Å². The van der Waals surface area contributed by atoms with E-state index in [9.17, 15) is 13.9 Å². The van der Waals surface area contributed by atoms with Crippen LogP contribution in [0.25, 0.3) is 10.9 Å². The van der Waals surface area contributed by atoms with Crippen molar-refractivity contribution in [3.8, 4) is 0 Å². The van der Waals surface area contributed by atoms with Crippen LogP contribution < -0.4 is 0 Å². The molecule has 2 rings (SSSR count). The van der Waals surface area contributed by atoms with Gasteiger partial charge in [-0.25, -0.2) is 8.78 Å². The van der Waals surface area contributed by atoms with E-state index in [2.05, 4.69) is 20.9 Å². The summed E-state index contributed by atoms with van der Waals surface area (Å²) < 4.78 is 25.4. The van der Waals surface area contributed by atoms with Crippen molar-refractivity contribution in [1.82, 2.24) is 4.98 Å². The number of fused-ring (bicyclic) bond motifs is 1. The van der Waals surface area contributed by atoms with Gasteiger partial charge in [0.05, 0.1) is 5.69 Å². The fourth-order valence-electron chi connectivity index (χ4n) is 1.42. The molecule has 0 fully saturated rings. The summed E-state index contributed by atoms with van der Waals surface area (Å²) in [5.41, 5.74) is 0.867. The monoisotopic (exact) mass is 275 g/mol. The SMILES string of the molecule is OC(c1cc2cc(Br)ccc2[nH]1)C(F)F. The molecule has 15 heavy (non-hydrogen) atoms. The number of rotatable bonds is 2. The first kappa shape index (κ1) is 10.6. The van der Waals surface area contributed by atoms with Crippen LogP contribution in [-0.2, 0) is 0 Å². The molecule has 1 aromatic carbocycles. The van der Waals surface area contributed by atoms with Crippen LogP contribution in [0.3, 0.4) is 0 Å². The molecule has 0 amide bonds. The Balaban J connectivity index is 2.47. The average molecular weight is 276 g/mol. The van der Waals surface area contributed by atoms with Gasteiger partial charge in [0.25, 0.3) is 6.43 Å². The largest absolute Gasteiger partial charge is 0.381 e. The Morgan fingerprint density at radius 3 is 2.67 bits per heavy atom. The Hall–Kier alpha value is -0.940. The third kappa shape index (κ3) is 2.03. The third-order valence-electron chi connectivity index (χ3n) is 2.16. The predicted octanol–water partition coefficient (Wildman–Crippen LogP) is 3.23. The van der Waals surface area contributed by atoms with Gasteiger partial charge in [-0.15, -0.1) is 0 Å². The maximum absolute atomic E-state index is 12.2. The quantitative estimate of drug-likeness (QED) is 0.868. The smallest absolute Gasteiger partial charge is 0.269 e. The Bertz CT molecular complexity index is 483. The molecule has 0 radical (unpaired) electrons. The maximum atomic E-state index is 12.2. The molecule has 0 spiro atoms. The van der Waals surface area contributed by atoms with E-state index in [-0.39, 0.29) is 5.69 Å². The minimum Gasteiger partial charge on any atom is -0.381 e. The van der Waals surface area contributed by atoms with Gasteiger partial charge in [-0.3, -0.25) is 0 Å². The first-order valence-electron chi connectivity index (χ1n) is 4.32. The number of aromatic nitrogens is 1. The number of halogens is 3. The van der Waals surface area contributed by atoms with E-state index in [0.29, 0.717) is 0 Å². The summed E-state index contributed by atoms with van der Waals surface area (Å²) in [7, 11) is 0. The zero-order valence-corrected chi connectivity index (χ0v) is 9.13. The van der Waals surface area contributed by atoms with Crippen LogP contribution >= 0.6 is 15.9 Å². The highest BCUT2D eigenvalue weighted by atomic mass is 79.9. The van der Waals surface area contributed by atoms with Crippen molar-refractivity contribution in [2.45, 2.75) is 12.5 Å². The van der Waals surface area contributed by atoms with Gasteiger partial charge in [-0.1, -0.05) is 15.9 Å². The van der Waals surface area contributed by atoms with Crippen molar-refractivity contribution in [3.63, 3.8) is 0 Å². The number of hydrogen-bond acceptors (Lipinski definition) is 1. The van der Waals surface area contributed by atoms with Crippen LogP contribution in [0, 0.1) is 0 Å². The lowest BCUT2D eigenvalue weighted by atomic mass is 10.2. The summed E-state index contributed by atoms with van der Waals surface area (Å²) >= 11 is 3.28. The van der Waals surface area contributed by atoms with Crippen molar-refractivity contribution in [1.29, 1.82) is 0 Å². The molecule has 80 valence electrons. The molecular formula is C10H8BrF2NO. The number of nitrogens with one attached hydrogen (secondary N) is 1. The molecule has 0 aliphatic rings. The zero-order valence-electron chi connectivity index (χ0n) is 7.55. The molecule has 2 aromatic rings. The molecule has 1 heterocycles. The van der Waals surface area contributed by atoms with E-state index in [0.717, 1.165) is 15.4 Å². The molecule has 0 aliphatic heterocycles. The molecule has 0 bridgehead atoms. The first-order valence-corrected chi connectivity index (χ1v) is 5.11. The molecule has 1 aromatic heterocycles. The van der Waals surface area contributed by atoms with Crippen molar-refractivity contribution < 1.29 is 13.9 Å². The second kappa shape index (κ2) is 3.90. The lowest BCUT2D eigenvalue weighted by Crippen LogP contribution is -2.07. The van der Waals surface area contributed by atoms with E-state index in [1.165, 1.54) is 6.07 Å². The number of benzene rings is 1. The van der Waals surface area contributed by atoms with Crippen molar-refractivity contribution in [2.75, 3.05) is 0 Å². The summed E-state index contributed by atoms with van der Waals surface area (Å²) in [6.07, 6.45) is -4.53. The lowest BCUT2D eigenvalue weighted by molar-refractivity contribution is -0.00779. The molecule has 2 nitrogen and oxygen atoms in total. The summed E-state index contributed by atoms with van der Waals surface area (Å²) in [6, 6.07) is 6.89. The minimum atomic E-state index is -2.78. The maximum Gasteiger partial charge on any atom is 0.269 e. The molecule has 0 saturated carbocycles. The summed E-state index contributed by atoms with van der Waals surface area (Å²) in [4.78, 5) is 2.75. The highest BCUT2D eigenvalue weighted by molar-refractivity contribution is 9.10. The summed E-state index contributed by atoms with van der Waals surface area (Å²) in [6.45, 7) is 0. The lowest BCUT2D eigenvalue weighted by Gasteiger charge is -2.05. The summed E-state index contributed by atoms with van der Waals surface area (Å²) in [5.74, 6) is 0. The van der Waals surface area contributed by atoms with E-state index < -0.39 is 12.5 Å². The molecule has 0 aliphatic carbocycles. The van der Waals surface area contributed by atoms with E-state index in [1.54, 1.807) is 18.2 Å². The third-order valence-corrected chi connectivity index (χ3v) is 2.65. The first-order chi connectivity index (χ1) is 7.08. The van der Waals surface area contributed by atoms with Crippen molar-refractivity contribution >= 4 is 26.8 Å². The van der Waals surface area contributed by atoms with Crippen LogP contribution in [0.2, 0.25) is 0 Å². The average Bonchev–Trinajstić information content (AvgIpc) is 2.58. The number of aliphatic hydroxyl groups is 1. The van der Waals surface area contributed by atoms with Gasteiger partial charge in [0.2, 0.25) is 0 Å². The Labute approximate surface area is 93.0 Å². The normalized spacial score (nSPS) is 13.7. The van der Waals surface area contributed by atoms with Crippen LogP contribution in [0.15, 0.2) is 28.7 Å². The topological polar surface area (TPSA) is 36.0 Å². The summed E-state index contributed by atoms with van der Waals surface area (Å²) in [5, 5.41) is 9.97. The number of H-pyrrole nitrogens is 1. The van der Waals surface area contributed by atoms with Crippen molar-refractivity contribution in [2.24, 2.45) is 0 Å². The van der Waals surface area contributed by atoms with Gasteiger partial charge in [0.1, 0.15) is 0 Å². The van der Waals surface area contributed by atoms with Crippen molar-refractivity contribution in [3.05, 3.63) is 34.4 Å². The van der Waals surface area contributed by atoms with Gasteiger partial charge in [0, 0.05) is 15.4 Å². The van der Waals surface area contributed by atoms with Crippen LogP contribution in [0.5, 0.6) is 0 Å². The fourth-order valence-corrected chi connectivity index (χ4v) is 1.80. The van der Waals surface area contributed by atoms with Gasteiger partial charge in [-0.2, -0.15) is 0 Å². The molecule has 1 atom stereocenters. The van der Waals surface area contributed by atoms with Crippen LogP contribution in [0.1, 0.15) is 11.8 Å².